The lowest BCUT2D eigenvalue weighted by Gasteiger charge is -2.35. The highest BCUT2D eigenvalue weighted by Crippen LogP contribution is 2.31. The zero-order valence-electron chi connectivity index (χ0n) is 11.9. The molecular formula is C18H22N2. The average Bonchev–Trinajstić information content (AvgIpc) is 2.53. The van der Waals surface area contributed by atoms with Gasteiger partial charge in [-0.05, 0) is 22.8 Å². The number of piperazine rings is 1. The van der Waals surface area contributed by atoms with Crippen LogP contribution in [-0.4, -0.2) is 31.1 Å². The molecular weight excluding hydrogens is 244 g/mol. The molecule has 20 heavy (non-hydrogen) atoms. The van der Waals surface area contributed by atoms with Crippen molar-refractivity contribution >= 4 is 10.8 Å². The summed E-state index contributed by atoms with van der Waals surface area (Å²) in [6.07, 6.45) is 3.06. The van der Waals surface area contributed by atoms with Crippen LogP contribution in [0.15, 0.2) is 55.1 Å². The van der Waals surface area contributed by atoms with E-state index in [0.717, 1.165) is 32.6 Å². The van der Waals surface area contributed by atoms with Gasteiger partial charge in [-0.15, -0.1) is 6.58 Å². The summed E-state index contributed by atoms with van der Waals surface area (Å²) in [5, 5.41) is 6.14. The van der Waals surface area contributed by atoms with Gasteiger partial charge in [-0.25, -0.2) is 0 Å². The minimum absolute atomic E-state index is 0.445. The van der Waals surface area contributed by atoms with Gasteiger partial charge in [0.2, 0.25) is 0 Å². The Hall–Kier alpha value is -1.64. The first-order valence-corrected chi connectivity index (χ1v) is 7.43. The minimum atomic E-state index is 0.445. The van der Waals surface area contributed by atoms with E-state index in [-0.39, 0.29) is 0 Å². The number of fused-ring (bicyclic) bond motifs is 1. The maximum absolute atomic E-state index is 3.96. The number of hydrogen-bond acceptors (Lipinski definition) is 2. The molecule has 1 saturated heterocycles. The lowest BCUT2D eigenvalue weighted by Crippen LogP contribution is -2.45. The van der Waals surface area contributed by atoms with Crippen LogP contribution in [0.1, 0.15) is 18.0 Å². The topological polar surface area (TPSA) is 15.3 Å². The Bertz CT molecular complexity index is 579. The average molecular weight is 266 g/mol. The Balaban J connectivity index is 2.02. The van der Waals surface area contributed by atoms with Crippen LogP contribution in [0.25, 0.3) is 10.8 Å². The smallest absolute Gasteiger partial charge is 0.0389 e. The summed E-state index contributed by atoms with van der Waals surface area (Å²) in [6, 6.07) is 15.8. The molecule has 1 atom stereocenters. The first kappa shape index (κ1) is 13.3. The second-order valence-electron chi connectivity index (χ2n) is 5.39. The van der Waals surface area contributed by atoms with Gasteiger partial charge in [-0.1, -0.05) is 48.5 Å². The zero-order valence-corrected chi connectivity index (χ0v) is 11.9. The molecule has 2 aromatic rings. The molecule has 0 saturated carbocycles. The van der Waals surface area contributed by atoms with E-state index in [1.165, 1.54) is 16.3 Å². The van der Waals surface area contributed by atoms with Crippen molar-refractivity contribution in [3.05, 3.63) is 60.7 Å². The number of nitrogens with one attached hydrogen (secondary N) is 1. The summed E-state index contributed by atoms with van der Waals surface area (Å²) >= 11 is 0. The Kier molecular flexibility index (Phi) is 4.14. The molecule has 1 N–H and O–H groups in total. The molecule has 0 bridgehead atoms. The molecule has 104 valence electrons. The van der Waals surface area contributed by atoms with Crippen molar-refractivity contribution < 1.29 is 0 Å². The number of nitrogens with zero attached hydrogens (tertiary/aromatic N) is 1. The van der Waals surface area contributed by atoms with E-state index in [4.69, 9.17) is 0 Å². The monoisotopic (exact) mass is 266 g/mol. The fraction of sp³-hybridized carbons (Fsp3) is 0.333. The number of rotatable bonds is 4. The van der Waals surface area contributed by atoms with Crippen molar-refractivity contribution in [2.24, 2.45) is 0 Å². The summed E-state index contributed by atoms with van der Waals surface area (Å²) in [4.78, 5) is 2.58. The van der Waals surface area contributed by atoms with E-state index in [2.05, 4.69) is 65.3 Å². The van der Waals surface area contributed by atoms with E-state index in [0.29, 0.717) is 6.04 Å². The fourth-order valence-electron chi connectivity index (χ4n) is 3.17. The van der Waals surface area contributed by atoms with Gasteiger partial charge in [-0.2, -0.15) is 0 Å². The van der Waals surface area contributed by atoms with Crippen LogP contribution < -0.4 is 5.32 Å². The second-order valence-corrected chi connectivity index (χ2v) is 5.39. The van der Waals surface area contributed by atoms with Crippen LogP contribution in [0.3, 0.4) is 0 Å². The summed E-state index contributed by atoms with van der Waals surface area (Å²) in [5.74, 6) is 0. The van der Waals surface area contributed by atoms with Gasteiger partial charge >= 0.3 is 0 Å². The molecule has 0 unspecified atom stereocenters. The molecule has 3 rings (SSSR count). The van der Waals surface area contributed by atoms with Crippen LogP contribution >= 0.6 is 0 Å². The van der Waals surface area contributed by atoms with Gasteiger partial charge in [0.15, 0.2) is 0 Å². The van der Waals surface area contributed by atoms with Crippen molar-refractivity contribution in [3.63, 3.8) is 0 Å². The quantitative estimate of drug-likeness (QED) is 0.854. The van der Waals surface area contributed by atoms with E-state index in [1.807, 2.05) is 0 Å². The summed E-state index contributed by atoms with van der Waals surface area (Å²) in [6.45, 7) is 8.35. The predicted octanol–water partition coefficient (Wildman–Crippen LogP) is 3.36. The first-order chi connectivity index (χ1) is 9.90. The van der Waals surface area contributed by atoms with Gasteiger partial charge in [0, 0.05) is 32.2 Å². The molecule has 0 spiro atoms. The number of benzene rings is 2. The summed E-state index contributed by atoms with van der Waals surface area (Å²) in [5.41, 5.74) is 1.44. The highest BCUT2D eigenvalue weighted by atomic mass is 15.2. The highest BCUT2D eigenvalue weighted by Gasteiger charge is 2.22. The highest BCUT2D eigenvalue weighted by molar-refractivity contribution is 5.86. The van der Waals surface area contributed by atoms with Crippen LogP contribution in [0, 0.1) is 0 Å². The van der Waals surface area contributed by atoms with Crippen LogP contribution in [-0.2, 0) is 0 Å². The van der Waals surface area contributed by atoms with Crippen molar-refractivity contribution in [3.8, 4) is 0 Å². The van der Waals surface area contributed by atoms with Gasteiger partial charge in [0.05, 0.1) is 0 Å². The second kappa shape index (κ2) is 6.21. The maximum Gasteiger partial charge on any atom is 0.0389 e. The van der Waals surface area contributed by atoms with E-state index in [1.54, 1.807) is 0 Å². The van der Waals surface area contributed by atoms with Gasteiger partial charge < -0.3 is 5.32 Å². The van der Waals surface area contributed by atoms with Crippen molar-refractivity contribution in [1.82, 2.24) is 10.2 Å². The Morgan fingerprint density at radius 1 is 1.10 bits per heavy atom. The van der Waals surface area contributed by atoms with Crippen molar-refractivity contribution in [2.75, 3.05) is 26.2 Å². The molecule has 0 amide bonds. The fourth-order valence-corrected chi connectivity index (χ4v) is 3.17. The van der Waals surface area contributed by atoms with Gasteiger partial charge in [-0.3, -0.25) is 4.90 Å². The van der Waals surface area contributed by atoms with Crippen molar-refractivity contribution in [1.29, 1.82) is 0 Å². The molecule has 2 nitrogen and oxygen atoms in total. The Labute approximate surface area is 121 Å². The van der Waals surface area contributed by atoms with Crippen molar-refractivity contribution in [2.45, 2.75) is 12.5 Å². The third-order valence-corrected chi connectivity index (χ3v) is 4.16. The molecule has 1 fully saturated rings. The molecule has 2 aromatic carbocycles. The van der Waals surface area contributed by atoms with E-state index in [9.17, 15) is 0 Å². The maximum atomic E-state index is 3.96. The van der Waals surface area contributed by atoms with Gasteiger partial charge in [0.25, 0.3) is 0 Å². The first-order valence-electron chi connectivity index (χ1n) is 7.43. The van der Waals surface area contributed by atoms with Gasteiger partial charge in [0.1, 0.15) is 0 Å². The van der Waals surface area contributed by atoms with Crippen LogP contribution in [0.5, 0.6) is 0 Å². The molecule has 0 aliphatic carbocycles. The normalized spacial score (nSPS) is 18.0. The molecule has 1 heterocycles. The van der Waals surface area contributed by atoms with Crippen LogP contribution in [0.4, 0.5) is 0 Å². The lowest BCUT2D eigenvalue weighted by atomic mass is 9.95. The lowest BCUT2D eigenvalue weighted by molar-refractivity contribution is 0.175. The van der Waals surface area contributed by atoms with E-state index < -0.39 is 0 Å². The van der Waals surface area contributed by atoms with E-state index >= 15 is 0 Å². The predicted molar refractivity (Wildman–Crippen MR) is 85.9 cm³/mol. The summed E-state index contributed by atoms with van der Waals surface area (Å²) in [7, 11) is 0. The van der Waals surface area contributed by atoms with Crippen LogP contribution in [0.2, 0.25) is 0 Å². The summed E-state index contributed by atoms with van der Waals surface area (Å²) < 4.78 is 0. The molecule has 1 aliphatic rings. The molecule has 1 aliphatic heterocycles. The molecule has 2 heteroatoms. The Morgan fingerprint density at radius 3 is 2.65 bits per heavy atom. The largest absolute Gasteiger partial charge is 0.314 e. The third-order valence-electron chi connectivity index (χ3n) is 4.16. The zero-order chi connectivity index (χ0) is 13.8. The minimum Gasteiger partial charge on any atom is -0.314 e. The Morgan fingerprint density at radius 2 is 1.85 bits per heavy atom. The standard InChI is InChI=1S/C18H22N2/c1-2-6-18(20-13-11-19-12-14-20)17-10-5-8-15-7-3-4-9-16(15)17/h2-5,7-10,18-19H,1,6,11-14H2/t18-/m1/s1. The third kappa shape index (κ3) is 2.62. The SMILES string of the molecule is C=CC[C@H](c1cccc2ccccc12)N1CCNCC1. The molecule has 0 radical (unpaired) electrons. The molecule has 0 aromatic heterocycles. The number of hydrogen-bond donors (Lipinski definition) is 1.